The Morgan fingerprint density at radius 2 is 2.36 bits per heavy atom. The maximum atomic E-state index is 10.0. The number of methoxy groups -OCH3 is 1. The van der Waals surface area contributed by atoms with Crippen molar-refractivity contribution in [2.75, 3.05) is 13.7 Å². The Bertz CT molecular complexity index is 145. The molecule has 1 aliphatic rings. The molecule has 0 bridgehead atoms. The highest BCUT2D eigenvalue weighted by atomic mass is 16.5. The summed E-state index contributed by atoms with van der Waals surface area (Å²) in [6.07, 6.45) is 3.18. The van der Waals surface area contributed by atoms with Crippen molar-refractivity contribution in [2.24, 2.45) is 5.92 Å². The van der Waals surface area contributed by atoms with Crippen LogP contribution in [0.5, 0.6) is 0 Å². The monoisotopic (exact) mass is 157 g/mol. The molecule has 0 aromatic carbocycles. The molecule has 0 aliphatic heterocycles. The van der Waals surface area contributed by atoms with Crippen LogP contribution in [-0.2, 0) is 9.53 Å². The molecule has 64 valence electrons. The van der Waals surface area contributed by atoms with E-state index < -0.39 is 0 Å². The fourth-order valence-electron chi connectivity index (χ4n) is 1.32. The van der Waals surface area contributed by atoms with Crippen LogP contribution in [0.1, 0.15) is 19.8 Å². The Morgan fingerprint density at radius 1 is 1.73 bits per heavy atom. The van der Waals surface area contributed by atoms with Crippen LogP contribution in [0.4, 0.5) is 0 Å². The molecule has 1 N–H and O–H groups in total. The highest BCUT2D eigenvalue weighted by Crippen LogP contribution is 2.40. The van der Waals surface area contributed by atoms with E-state index in [0.717, 1.165) is 6.41 Å². The number of carbonyl (C=O) groups is 1. The van der Waals surface area contributed by atoms with E-state index in [-0.39, 0.29) is 5.60 Å². The Balaban J connectivity index is 2.37. The minimum Gasteiger partial charge on any atom is -0.376 e. The smallest absolute Gasteiger partial charge is 0.207 e. The van der Waals surface area contributed by atoms with Gasteiger partial charge in [0.05, 0.1) is 5.60 Å². The molecule has 3 heteroatoms. The first-order valence-corrected chi connectivity index (χ1v) is 3.95. The van der Waals surface area contributed by atoms with Crippen molar-refractivity contribution in [3.8, 4) is 0 Å². The van der Waals surface area contributed by atoms with Crippen LogP contribution in [0.25, 0.3) is 0 Å². The van der Waals surface area contributed by atoms with Crippen LogP contribution < -0.4 is 5.32 Å². The molecule has 0 aromatic heterocycles. The van der Waals surface area contributed by atoms with E-state index in [9.17, 15) is 4.79 Å². The highest BCUT2D eigenvalue weighted by molar-refractivity contribution is 5.46. The lowest BCUT2D eigenvalue weighted by atomic mass is 10.0. The molecule has 1 amide bonds. The van der Waals surface area contributed by atoms with Gasteiger partial charge in [-0.2, -0.15) is 0 Å². The van der Waals surface area contributed by atoms with Gasteiger partial charge in [0.2, 0.25) is 6.41 Å². The molecule has 0 heterocycles. The predicted octanol–water partition coefficient (Wildman–Crippen LogP) is 0.547. The zero-order valence-corrected chi connectivity index (χ0v) is 7.09. The molecule has 0 radical (unpaired) electrons. The summed E-state index contributed by atoms with van der Waals surface area (Å²) in [5.41, 5.74) is -0.138. The molecule has 11 heavy (non-hydrogen) atoms. The molecule has 1 unspecified atom stereocenters. The minimum absolute atomic E-state index is 0.138. The Labute approximate surface area is 67.1 Å². The molecule has 1 saturated carbocycles. The number of amides is 1. The Kier molecular flexibility index (Phi) is 2.49. The molecule has 1 rings (SSSR count). The third-order valence-corrected chi connectivity index (χ3v) is 2.44. The summed E-state index contributed by atoms with van der Waals surface area (Å²) < 4.78 is 5.34. The number of nitrogens with one attached hydrogen (secondary N) is 1. The number of ether oxygens (including phenoxy) is 1. The first-order valence-electron chi connectivity index (χ1n) is 3.95. The SMILES string of the molecule is COC(C)(CNC=O)C1CC1. The second-order valence-corrected chi connectivity index (χ2v) is 3.29. The van der Waals surface area contributed by atoms with Crippen LogP contribution in [0, 0.1) is 5.92 Å². The summed E-state index contributed by atoms with van der Waals surface area (Å²) >= 11 is 0. The van der Waals surface area contributed by atoms with Gasteiger partial charge in [-0.25, -0.2) is 0 Å². The molecular formula is C8H15NO2. The lowest BCUT2D eigenvalue weighted by Gasteiger charge is -2.27. The van der Waals surface area contributed by atoms with E-state index in [1.807, 2.05) is 6.92 Å². The van der Waals surface area contributed by atoms with Crippen LogP contribution in [0.3, 0.4) is 0 Å². The van der Waals surface area contributed by atoms with Crippen molar-refractivity contribution < 1.29 is 9.53 Å². The van der Waals surface area contributed by atoms with Gasteiger partial charge < -0.3 is 10.1 Å². The molecule has 1 fully saturated rings. The van der Waals surface area contributed by atoms with Gasteiger partial charge in [-0.1, -0.05) is 0 Å². The number of hydrogen-bond acceptors (Lipinski definition) is 2. The van der Waals surface area contributed by atoms with Gasteiger partial charge in [0, 0.05) is 13.7 Å². The zero-order valence-electron chi connectivity index (χ0n) is 7.09. The van der Waals surface area contributed by atoms with E-state index in [4.69, 9.17) is 4.74 Å². The Hall–Kier alpha value is -0.570. The molecular weight excluding hydrogens is 142 g/mol. The standard InChI is InChI=1S/C8H15NO2/c1-8(11-2,5-9-6-10)7-3-4-7/h6-7H,3-5H2,1-2H3,(H,9,10). The van der Waals surface area contributed by atoms with Crippen LogP contribution in [-0.4, -0.2) is 25.7 Å². The van der Waals surface area contributed by atoms with Crippen molar-refractivity contribution in [1.82, 2.24) is 5.32 Å². The third-order valence-electron chi connectivity index (χ3n) is 2.44. The second kappa shape index (κ2) is 3.22. The van der Waals surface area contributed by atoms with Crippen LogP contribution in [0.15, 0.2) is 0 Å². The Morgan fingerprint density at radius 3 is 2.73 bits per heavy atom. The fourth-order valence-corrected chi connectivity index (χ4v) is 1.32. The van der Waals surface area contributed by atoms with Gasteiger partial charge in [0.25, 0.3) is 0 Å². The molecule has 3 nitrogen and oxygen atoms in total. The summed E-state index contributed by atoms with van der Waals surface area (Å²) in [5, 5.41) is 2.66. The van der Waals surface area contributed by atoms with Gasteiger partial charge in [-0.15, -0.1) is 0 Å². The molecule has 0 spiro atoms. The van der Waals surface area contributed by atoms with E-state index in [0.29, 0.717) is 12.5 Å². The van der Waals surface area contributed by atoms with E-state index in [2.05, 4.69) is 5.32 Å². The van der Waals surface area contributed by atoms with Gasteiger partial charge in [0.15, 0.2) is 0 Å². The van der Waals surface area contributed by atoms with Crippen molar-refractivity contribution in [3.05, 3.63) is 0 Å². The van der Waals surface area contributed by atoms with Gasteiger partial charge in [-0.3, -0.25) is 4.79 Å². The fraction of sp³-hybridized carbons (Fsp3) is 0.875. The third kappa shape index (κ3) is 1.93. The number of hydrogen-bond donors (Lipinski definition) is 1. The molecule has 1 aliphatic carbocycles. The summed E-state index contributed by atoms with van der Waals surface area (Å²) in [5.74, 6) is 0.639. The highest BCUT2D eigenvalue weighted by Gasteiger charge is 2.41. The second-order valence-electron chi connectivity index (χ2n) is 3.29. The largest absolute Gasteiger partial charge is 0.376 e. The number of carbonyl (C=O) groups excluding carboxylic acids is 1. The van der Waals surface area contributed by atoms with Crippen molar-refractivity contribution in [1.29, 1.82) is 0 Å². The van der Waals surface area contributed by atoms with Crippen LogP contribution in [0.2, 0.25) is 0 Å². The van der Waals surface area contributed by atoms with E-state index in [1.54, 1.807) is 7.11 Å². The maximum Gasteiger partial charge on any atom is 0.207 e. The van der Waals surface area contributed by atoms with E-state index in [1.165, 1.54) is 12.8 Å². The average molecular weight is 157 g/mol. The van der Waals surface area contributed by atoms with Crippen LogP contribution >= 0.6 is 0 Å². The maximum absolute atomic E-state index is 10.0. The summed E-state index contributed by atoms with van der Waals surface area (Å²) in [6.45, 7) is 2.67. The van der Waals surface area contributed by atoms with Gasteiger partial charge in [-0.05, 0) is 25.7 Å². The predicted molar refractivity (Wildman–Crippen MR) is 42.2 cm³/mol. The summed E-state index contributed by atoms with van der Waals surface area (Å²) in [7, 11) is 1.70. The lowest BCUT2D eigenvalue weighted by Crippen LogP contribution is -2.41. The first-order chi connectivity index (χ1) is 5.23. The van der Waals surface area contributed by atoms with Crippen molar-refractivity contribution >= 4 is 6.41 Å². The average Bonchev–Trinajstić information content (AvgIpc) is 2.82. The van der Waals surface area contributed by atoms with Crippen molar-refractivity contribution in [3.63, 3.8) is 0 Å². The molecule has 0 aromatic rings. The number of rotatable bonds is 5. The quantitative estimate of drug-likeness (QED) is 0.592. The summed E-state index contributed by atoms with van der Waals surface area (Å²) in [6, 6.07) is 0. The van der Waals surface area contributed by atoms with Gasteiger partial charge in [0.1, 0.15) is 0 Å². The minimum atomic E-state index is -0.138. The van der Waals surface area contributed by atoms with Gasteiger partial charge >= 0.3 is 0 Å². The normalized spacial score (nSPS) is 22.4. The molecule has 1 atom stereocenters. The van der Waals surface area contributed by atoms with E-state index >= 15 is 0 Å². The zero-order chi connectivity index (χ0) is 8.32. The van der Waals surface area contributed by atoms with Crippen molar-refractivity contribution in [2.45, 2.75) is 25.4 Å². The summed E-state index contributed by atoms with van der Waals surface area (Å²) in [4.78, 5) is 10.0. The first kappa shape index (κ1) is 8.53. The molecule has 0 saturated heterocycles. The lowest BCUT2D eigenvalue weighted by molar-refractivity contribution is -0.111. The topological polar surface area (TPSA) is 38.3 Å².